The summed E-state index contributed by atoms with van der Waals surface area (Å²) < 4.78 is 0. The Hall–Kier alpha value is -0.280. The summed E-state index contributed by atoms with van der Waals surface area (Å²) in [5.74, 6) is 0.345. The number of hydrogen-bond acceptors (Lipinski definition) is 2. The summed E-state index contributed by atoms with van der Waals surface area (Å²) in [6.07, 6.45) is 0.693. The Morgan fingerprint density at radius 3 is 2.43 bits per heavy atom. The number of β-amino-alcohol motifs (C(OH)–C–C–N with tert-alkyl or cyclic N) is 1. The summed E-state index contributed by atoms with van der Waals surface area (Å²) in [4.78, 5) is 13.5. The summed E-state index contributed by atoms with van der Waals surface area (Å²) in [6.45, 7) is 6.47. The standard InChI is InChI=1S/C10H18ClNO2/c1-4-10(14)6-12(7-10)8(13)9(2,3)5-11/h14H,4-7H2,1-3H3. The molecule has 0 bridgehead atoms. The lowest BCUT2D eigenvalue weighted by Gasteiger charge is -2.48. The first kappa shape index (κ1) is 11.8. The molecule has 0 aromatic heterocycles. The van der Waals surface area contributed by atoms with Gasteiger partial charge in [0.05, 0.1) is 24.1 Å². The van der Waals surface area contributed by atoms with Crippen molar-refractivity contribution in [1.29, 1.82) is 0 Å². The first-order valence-corrected chi connectivity index (χ1v) is 5.46. The second-order valence-corrected chi connectivity index (χ2v) is 5.02. The number of aliphatic hydroxyl groups is 1. The lowest BCUT2D eigenvalue weighted by Crippen LogP contribution is -2.65. The van der Waals surface area contributed by atoms with Gasteiger partial charge in [-0.1, -0.05) is 6.92 Å². The first-order valence-electron chi connectivity index (χ1n) is 4.92. The van der Waals surface area contributed by atoms with Crippen LogP contribution in [0.3, 0.4) is 0 Å². The fourth-order valence-corrected chi connectivity index (χ4v) is 1.63. The zero-order valence-electron chi connectivity index (χ0n) is 9.01. The van der Waals surface area contributed by atoms with Crippen molar-refractivity contribution in [3.8, 4) is 0 Å². The van der Waals surface area contributed by atoms with Gasteiger partial charge in [0, 0.05) is 5.88 Å². The average molecular weight is 220 g/mol. The molecule has 4 heteroatoms. The quantitative estimate of drug-likeness (QED) is 0.726. The number of amides is 1. The SMILES string of the molecule is CCC1(O)CN(C(=O)C(C)(C)CCl)C1. The van der Waals surface area contributed by atoms with E-state index in [2.05, 4.69) is 0 Å². The van der Waals surface area contributed by atoms with Crippen molar-refractivity contribution in [2.75, 3.05) is 19.0 Å². The molecule has 82 valence electrons. The second kappa shape index (κ2) is 3.70. The molecule has 1 amide bonds. The van der Waals surface area contributed by atoms with E-state index in [0.29, 0.717) is 25.4 Å². The van der Waals surface area contributed by atoms with E-state index >= 15 is 0 Å². The van der Waals surface area contributed by atoms with E-state index in [1.165, 1.54) is 0 Å². The molecule has 1 saturated heterocycles. The van der Waals surface area contributed by atoms with E-state index < -0.39 is 11.0 Å². The van der Waals surface area contributed by atoms with Crippen molar-refractivity contribution in [2.45, 2.75) is 32.8 Å². The van der Waals surface area contributed by atoms with E-state index in [0.717, 1.165) is 0 Å². The Morgan fingerprint density at radius 1 is 1.57 bits per heavy atom. The highest BCUT2D eigenvalue weighted by Gasteiger charge is 2.45. The lowest BCUT2D eigenvalue weighted by atomic mass is 9.86. The Kier molecular flexibility index (Phi) is 3.12. The van der Waals surface area contributed by atoms with Crippen LogP contribution in [0.4, 0.5) is 0 Å². The molecule has 1 aliphatic rings. The van der Waals surface area contributed by atoms with E-state index in [-0.39, 0.29) is 5.91 Å². The van der Waals surface area contributed by atoms with Crippen molar-refractivity contribution in [3.63, 3.8) is 0 Å². The van der Waals surface area contributed by atoms with Crippen LogP contribution in [0.5, 0.6) is 0 Å². The third kappa shape index (κ3) is 2.04. The Morgan fingerprint density at radius 2 is 2.07 bits per heavy atom. The molecule has 1 heterocycles. The molecule has 0 aromatic rings. The van der Waals surface area contributed by atoms with Gasteiger partial charge < -0.3 is 10.0 Å². The third-order valence-corrected chi connectivity index (χ3v) is 3.50. The third-order valence-electron chi connectivity index (χ3n) is 2.83. The molecule has 1 aliphatic heterocycles. The first-order chi connectivity index (χ1) is 6.34. The van der Waals surface area contributed by atoms with Crippen LogP contribution in [-0.2, 0) is 4.79 Å². The minimum atomic E-state index is -0.655. The van der Waals surface area contributed by atoms with Crippen LogP contribution >= 0.6 is 11.6 Å². The summed E-state index contributed by atoms with van der Waals surface area (Å²) >= 11 is 5.71. The number of likely N-dealkylation sites (tertiary alicyclic amines) is 1. The number of alkyl halides is 1. The van der Waals surface area contributed by atoms with Gasteiger partial charge in [0.1, 0.15) is 0 Å². The zero-order valence-corrected chi connectivity index (χ0v) is 9.76. The fourth-order valence-electron chi connectivity index (χ4n) is 1.52. The molecule has 1 rings (SSSR count). The average Bonchev–Trinajstić information content (AvgIpc) is 2.11. The molecule has 0 aliphatic carbocycles. The van der Waals surface area contributed by atoms with Gasteiger partial charge in [-0.2, -0.15) is 0 Å². The van der Waals surface area contributed by atoms with Gasteiger partial charge in [0.2, 0.25) is 5.91 Å². The Bertz CT molecular complexity index is 234. The summed E-state index contributed by atoms with van der Waals surface area (Å²) in [7, 11) is 0. The highest BCUT2D eigenvalue weighted by Crippen LogP contribution is 2.29. The number of carbonyl (C=O) groups excluding carboxylic acids is 1. The van der Waals surface area contributed by atoms with E-state index in [1.54, 1.807) is 4.90 Å². The maximum atomic E-state index is 11.8. The van der Waals surface area contributed by atoms with Crippen molar-refractivity contribution in [1.82, 2.24) is 4.90 Å². The van der Waals surface area contributed by atoms with Crippen molar-refractivity contribution < 1.29 is 9.90 Å². The monoisotopic (exact) mass is 219 g/mol. The van der Waals surface area contributed by atoms with E-state index in [4.69, 9.17) is 11.6 Å². The molecule has 0 saturated carbocycles. The molecule has 0 unspecified atom stereocenters. The van der Waals surface area contributed by atoms with Crippen LogP contribution in [0.2, 0.25) is 0 Å². The topological polar surface area (TPSA) is 40.5 Å². The van der Waals surface area contributed by atoms with Crippen LogP contribution in [-0.4, -0.2) is 40.5 Å². The van der Waals surface area contributed by atoms with Crippen molar-refractivity contribution in [2.24, 2.45) is 5.41 Å². The molecule has 14 heavy (non-hydrogen) atoms. The molecule has 1 N–H and O–H groups in total. The highest BCUT2D eigenvalue weighted by atomic mass is 35.5. The van der Waals surface area contributed by atoms with Crippen LogP contribution in [0.1, 0.15) is 27.2 Å². The molecular formula is C10H18ClNO2. The second-order valence-electron chi connectivity index (χ2n) is 4.76. The molecule has 3 nitrogen and oxygen atoms in total. The van der Waals surface area contributed by atoms with Crippen LogP contribution in [0, 0.1) is 5.41 Å². The molecule has 0 atom stereocenters. The fraction of sp³-hybridized carbons (Fsp3) is 0.900. The number of halogens is 1. The van der Waals surface area contributed by atoms with Crippen molar-refractivity contribution in [3.05, 3.63) is 0 Å². The van der Waals surface area contributed by atoms with E-state index in [1.807, 2.05) is 20.8 Å². The zero-order chi connectivity index (χ0) is 11.0. The van der Waals surface area contributed by atoms with Crippen LogP contribution < -0.4 is 0 Å². The highest BCUT2D eigenvalue weighted by molar-refractivity contribution is 6.19. The Balaban J connectivity index is 2.52. The molecule has 0 aromatic carbocycles. The molecule has 1 fully saturated rings. The summed E-state index contributed by atoms with van der Waals surface area (Å²) in [6, 6.07) is 0. The van der Waals surface area contributed by atoms with Gasteiger partial charge in [-0.15, -0.1) is 11.6 Å². The number of rotatable bonds is 3. The lowest BCUT2D eigenvalue weighted by molar-refractivity contribution is -0.163. The minimum Gasteiger partial charge on any atom is -0.386 e. The number of carbonyl (C=O) groups is 1. The molecule has 0 radical (unpaired) electrons. The number of nitrogens with zero attached hydrogens (tertiary/aromatic N) is 1. The van der Waals surface area contributed by atoms with Crippen LogP contribution in [0.25, 0.3) is 0 Å². The van der Waals surface area contributed by atoms with Gasteiger partial charge in [-0.3, -0.25) is 4.79 Å². The predicted molar refractivity (Wildman–Crippen MR) is 56.3 cm³/mol. The van der Waals surface area contributed by atoms with Gasteiger partial charge in [-0.05, 0) is 20.3 Å². The maximum absolute atomic E-state index is 11.8. The van der Waals surface area contributed by atoms with E-state index in [9.17, 15) is 9.90 Å². The van der Waals surface area contributed by atoms with Gasteiger partial charge in [0.15, 0.2) is 0 Å². The Labute approximate surface area is 90.0 Å². The molecular weight excluding hydrogens is 202 g/mol. The maximum Gasteiger partial charge on any atom is 0.229 e. The van der Waals surface area contributed by atoms with Crippen molar-refractivity contribution >= 4 is 17.5 Å². The van der Waals surface area contributed by atoms with Gasteiger partial charge in [0.25, 0.3) is 0 Å². The largest absolute Gasteiger partial charge is 0.386 e. The molecule has 0 spiro atoms. The van der Waals surface area contributed by atoms with Gasteiger partial charge in [-0.25, -0.2) is 0 Å². The predicted octanol–water partition coefficient (Wildman–Crippen LogP) is 1.23. The van der Waals surface area contributed by atoms with Gasteiger partial charge >= 0.3 is 0 Å². The summed E-state index contributed by atoms with van der Waals surface area (Å²) in [5, 5.41) is 9.75. The normalized spacial score (nSPS) is 20.5. The van der Waals surface area contributed by atoms with Crippen LogP contribution in [0.15, 0.2) is 0 Å². The number of hydrogen-bond donors (Lipinski definition) is 1. The minimum absolute atomic E-state index is 0.0330. The summed E-state index contributed by atoms with van der Waals surface area (Å²) in [5.41, 5.74) is -1.17. The smallest absolute Gasteiger partial charge is 0.229 e.